The number of rotatable bonds is 8. The molecule has 0 saturated heterocycles. The van der Waals surface area contributed by atoms with E-state index < -0.39 is 0 Å². The molecule has 176 valence electrons. The lowest BCUT2D eigenvalue weighted by Crippen LogP contribution is -2.33. The monoisotopic (exact) mass is 495 g/mol. The molecule has 10 heteroatoms. The minimum Gasteiger partial charge on any atom is -0.326 e. The molecule has 0 spiro atoms. The van der Waals surface area contributed by atoms with Crippen LogP contribution >= 0.6 is 22.7 Å². The van der Waals surface area contributed by atoms with Crippen LogP contribution in [0.1, 0.15) is 24.5 Å². The molecule has 4 rings (SSSR count). The fourth-order valence-corrected chi connectivity index (χ4v) is 5.49. The summed E-state index contributed by atoms with van der Waals surface area (Å²) < 4.78 is 0. The van der Waals surface area contributed by atoms with Gasteiger partial charge in [0, 0.05) is 39.0 Å². The Balaban J connectivity index is 1.43. The highest BCUT2D eigenvalue weighted by molar-refractivity contribution is 7.19. The molecule has 1 aromatic carbocycles. The minimum absolute atomic E-state index is 0.149. The number of aromatic amines is 1. The van der Waals surface area contributed by atoms with Crippen LogP contribution in [0, 0.1) is 6.92 Å². The third kappa shape index (κ3) is 5.58. The summed E-state index contributed by atoms with van der Waals surface area (Å²) >= 11 is 3.11. The Morgan fingerprint density at radius 1 is 1.09 bits per heavy atom. The molecule has 0 unspecified atom stereocenters. The number of aryl methyl sites for hydroxylation is 1. The SMILES string of the molecule is CCN(CC(=O)Nc1ccc(NC(C)=O)cc1)Cc1nc2scc(-c3ccc(C)s3)c2c(=O)[nH]1. The van der Waals surface area contributed by atoms with E-state index in [1.807, 2.05) is 36.3 Å². The highest BCUT2D eigenvalue weighted by Crippen LogP contribution is 2.35. The van der Waals surface area contributed by atoms with Crippen LogP contribution in [0.3, 0.4) is 0 Å². The summed E-state index contributed by atoms with van der Waals surface area (Å²) in [6.45, 7) is 6.55. The van der Waals surface area contributed by atoms with E-state index in [0.717, 1.165) is 10.4 Å². The maximum Gasteiger partial charge on any atom is 0.260 e. The summed E-state index contributed by atoms with van der Waals surface area (Å²) in [5.74, 6) is 0.201. The number of anilines is 2. The Kier molecular flexibility index (Phi) is 7.20. The highest BCUT2D eigenvalue weighted by Gasteiger charge is 2.16. The average molecular weight is 496 g/mol. The number of nitrogens with one attached hydrogen (secondary N) is 3. The van der Waals surface area contributed by atoms with Gasteiger partial charge in [-0.25, -0.2) is 4.98 Å². The van der Waals surface area contributed by atoms with Crippen molar-refractivity contribution >= 4 is 56.1 Å². The first-order valence-corrected chi connectivity index (χ1v) is 12.5. The number of fused-ring (bicyclic) bond motifs is 1. The molecule has 0 fully saturated rings. The van der Waals surface area contributed by atoms with Crippen molar-refractivity contribution in [2.45, 2.75) is 27.3 Å². The topological polar surface area (TPSA) is 107 Å². The lowest BCUT2D eigenvalue weighted by atomic mass is 10.2. The Labute approximate surface area is 204 Å². The molecule has 0 bridgehead atoms. The predicted octanol–water partition coefficient (Wildman–Crippen LogP) is 4.44. The molecule has 3 heterocycles. The lowest BCUT2D eigenvalue weighted by Gasteiger charge is -2.19. The van der Waals surface area contributed by atoms with E-state index >= 15 is 0 Å². The van der Waals surface area contributed by atoms with Gasteiger partial charge in [0.25, 0.3) is 5.56 Å². The van der Waals surface area contributed by atoms with Gasteiger partial charge in [0.05, 0.1) is 18.5 Å². The van der Waals surface area contributed by atoms with E-state index in [9.17, 15) is 14.4 Å². The second kappa shape index (κ2) is 10.3. The summed E-state index contributed by atoms with van der Waals surface area (Å²) in [5.41, 5.74) is 2.05. The van der Waals surface area contributed by atoms with Crippen molar-refractivity contribution in [2.24, 2.45) is 0 Å². The maximum atomic E-state index is 12.9. The number of thiophene rings is 2. The van der Waals surface area contributed by atoms with Crippen LogP contribution in [0.15, 0.2) is 46.6 Å². The van der Waals surface area contributed by atoms with Gasteiger partial charge in [0.1, 0.15) is 10.7 Å². The van der Waals surface area contributed by atoms with Crippen LogP contribution in [0.25, 0.3) is 20.7 Å². The molecular formula is C24H25N5O3S2. The fraction of sp³-hybridized carbons (Fsp3) is 0.250. The zero-order valence-corrected chi connectivity index (χ0v) is 20.7. The lowest BCUT2D eigenvalue weighted by molar-refractivity contribution is -0.117. The smallest absolute Gasteiger partial charge is 0.260 e. The predicted molar refractivity (Wildman–Crippen MR) is 139 cm³/mol. The van der Waals surface area contributed by atoms with Crippen molar-refractivity contribution < 1.29 is 9.59 Å². The average Bonchev–Trinajstić information content (AvgIpc) is 3.40. The number of amides is 2. The van der Waals surface area contributed by atoms with Crippen molar-refractivity contribution in [3.05, 3.63) is 62.8 Å². The van der Waals surface area contributed by atoms with Gasteiger partial charge in [-0.1, -0.05) is 6.92 Å². The molecule has 0 aliphatic carbocycles. The van der Waals surface area contributed by atoms with Gasteiger partial charge in [-0.3, -0.25) is 19.3 Å². The Hall–Kier alpha value is -3.34. The minimum atomic E-state index is -0.177. The van der Waals surface area contributed by atoms with E-state index in [4.69, 9.17) is 0 Å². The molecule has 0 aliphatic rings. The Morgan fingerprint density at radius 2 is 1.79 bits per heavy atom. The van der Waals surface area contributed by atoms with Crippen molar-refractivity contribution in [1.82, 2.24) is 14.9 Å². The summed E-state index contributed by atoms with van der Waals surface area (Å²) in [6.07, 6.45) is 0. The van der Waals surface area contributed by atoms with Gasteiger partial charge >= 0.3 is 0 Å². The summed E-state index contributed by atoms with van der Waals surface area (Å²) in [7, 11) is 0. The Morgan fingerprint density at radius 3 is 2.41 bits per heavy atom. The summed E-state index contributed by atoms with van der Waals surface area (Å²) in [6, 6.07) is 11.0. The number of hydrogen-bond donors (Lipinski definition) is 3. The number of carbonyl (C=O) groups is 2. The number of aromatic nitrogens is 2. The molecule has 4 aromatic rings. The maximum absolute atomic E-state index is 12.9. The first-order chi connectivity index (χ1) is 16.3. The molecule has 34 heavy (non-hydrogen) atoms. The van der Waals surface area contributed by atoms with Gasteiger partial charge in [-0.05, 0) is 49.9 Å². The van der Waals surface area contributed by atoms with Crippen LogP contribution in [-0.4, -0.2) is 39.8 Å². The number of H-pyrrole nitrogens is 1. The molecule has 3 N–H and O–H groups in total. The number of carbonyl (C=O) groups excluding carboxylic acids is 2. The molecule has 0 aliphatic heterocycles. The van der Waals surface area contributed by atoms with E-state index in [0.29, 0.717) is 40.5 Å². The van der Waals surface area contributed by atoms with Crippen LogP contribution in [0.2, 0.25) is 0 Å². The van der Waals surface area contributed by atoms with Crippen LogP contribution < -0.4 is 16.2 Å². The molecule has 0 saturated carbocycles. The van der Waals surface area contributed by atoms with Gasteiger partial charge < -0.3 is 15.6 Å². The standard InChI is InChI=1S/C24H25N5O3S2/c1-4-29(12-21(31)26-17-8-6-16(7-9-17)25-15(3)30)11-20-27-23(32)22-18(13-33-24(22)28-20)19-10-5-14(2)34-19/h5-10,13H,4,11-12H2,1-3H3,(H,25,30)(H,26,31)(H,27,28,32). The number of benzene rings is 1. The number of hydrogen-bond acceptors (Lipinski definition) is 7. The molecule has 8 nitrogen and oxygen atoms in total. The van der Waals surface area contributed by atoms with E-state index in [-0.39, 0.29) is 23.9 Å². The van der Waals surface area contributed by atoms with Crippen molar-refractivity contribution in [3.63, 3.8) is 0 Å². The summed E-state index contributed by atoms with van der Waals surface area (Å²) in [4.78, 5) is 49.0. The zero-order chi connectivity index (χ0) is 24.2. The van der Waals surface area contributed by atoms with Crippen LogP contribution in [0.5, 0.6) is 0 Å². The number of likely N-dealkylation sites (N-methyl/N-ethyl adjacent to an activating group) is 1. The third-order valence-corrected chi connectivity index (χ3v) is 7.08. The van der Waals surface area contributed by atoms with Crippen LogP contribution in [-0.2, 0) is 16.1 Å². The normalized spacial score (nSPS) is 11.2. The molecule has 2 amide bonds. The molecule has 0 atom stereocenters. The van der Waals surface area contributed by atoms with Crippen LogP contribution in [0.4, 0.5) is 11.4 Å². The molecule has 0 radical (unpaired) electrons. The molecule has 3 aromatic heterocycles. The van der Waals surface area contributed by atoms with E-state index in [1.165, 1.54) is 23.1 Å². The quantitative estimate of drug-likeness (QED) is 0.335. The number of nitrogens with zero attached hydrogens (tertiary/aromatic N) is 2. The van der Waals surface area contributed by atoms with Gasteiger partial charge in [-0.2, -0.15) is 0 Å². The van der Waals surface area contributed by atoms with Crippen molar-refractivity contribution in [3.8, 4) is 10.4 Å². The zero-order valence-electron chi connectivity index (χ0n) is 19.1. The second-order valence-electron chi connectivity index (χ2n) is 7.86. The van der Waals surface area contributed by atoms with E-state index in [2.05, 4.69) is 20.6 Å². The molecular weight excluding hydrogens is 470 g/mol. The highest BCUT2D eigenvalue weighted by atomic mass is 32.1. The van der Waals surface area contributed by atoms with Crippen molar-refractivity contribution in [1.29, 1.82) is 0 Å². The first-order valence-electron chi connectivity index (χ1n) is 10.8. The van der Waals surface area contributed by atoms with Gasteiger partial charge in [-0.15, -0.1) is 22.7 Å². The second-order valence-corrected chi connectivity index (χ2v) is 10.0. The van der Waals surface area contributed by atoms with Crippen molar-refractivity contribution in [2.75, 3.05) is 23.7 Å². The van der Waals surface area contributed by atoms with Gasteiger partial charge in [0.15, 0.2) is 0 Å². The first kappa shape index (κ1) is 23.8. The van der Waals surface area contributed by atoms with Gasteiger partial charge in [0.2, 0.25) is 11.8 Å². The Bertz CT molecular complexity index is 1390. The summed E-state index contributed by atoms with van der Waals surface area (Å²) in [5, 5.41) is 8.13. The van der Waals surface area contributed by atoms with E-state index in [1.54, 1.807) is 35.6 Å². The largest absolute Gasteiger partial charge is 0.326 e. The fourth-order valence-electron chi connectivity index (χ4n) is 3.56. The third-order valence-electron chi connectivity index (χ3n) is 5.18.